The van der Waals surface area contributed by atoms with Gasteiger partial charge in [-0.2, -0.15) is 0 Å². The van der Waals surface area contributed by atoms with E-state index in [1.54, 1.807) is 30.2 Å². The monoisotopic (exact) mass is 319 g/mol. The average molecular weight is 319 g/mol. The number of morpholine rings is 1. The van der Waals surface area contributed by atoms with Gasteiger partial charge in [0.15, 0.2) is 5.89 Å². The van der Waals surface area contributed by atoms with E-state index in [1.807, 2.05) is 0 Å². The molecule has 6 nitrogen and oxygen atoms in total. The largest absolute Gasteiger partial charge is 0.444 e. The summed E-state index contributed by atoms with van der Waals surface area (Å²) in [7, 11) is 0. The summed E-state index contributed by atoms with van der Waals surface area (Å²) >= 11 is 0. The van der Waals surface area contributed by atoms with Crippen molar-refractivity contribution in [1.82, 2.24) is 15.2 Å². The van der Waals surface area contributed by atoms with E-state index in [2.05, 4.69) is 10.3 Å². The van der Waals surface area contributed by atoms with E-state index in [0.29, 0.717) is 31.4 Å². The first-order valence-electron chi connectivity index (χ1n) is 7.42. The Morgan fingerprint density at radius 2 is 2.22 bits per heavy atom. The van der Waals surface area contributed by atoms with E-state index in [0.717, 1.165) is 5.56 Å². The van der Waals surface area contributed by atoms with Crippen LogP contribution < -0.4 is 5.32 Å². The van der Waals surface area contributed by atoms with Crippen molar-refractivity contribution >= 4 is 6.03 Å². The van der Waals surface area contributed by atoms with Crippen molar-refractivity contribution in [3.05, 3.63) is 53.5 Å². The van der Waals surface area contributed by atoms with E-state index < -0.39 is 0 Å². The molecule has 1 saturated heterocycles. The minimum Gasteiger partial charge on any atom is -0.444 e. The number of hydrogen-bond acceptors (Lipinski definition) is 4. The molecule has 3 rings (SSSR count). The lowest BCUT2D eigenvalue weighted by Gasteiger charge is -2.35. The zero-order chi connectivity index (χ0) is 16.2. The van der Waals surface area contributed by atoms with Gasteiger partial charge in [-0.05, 0) is 17.7 Å². The number of aryl methyl sites for hydroxylation is 1. The predicted molar refractivity (Wildman–Crippen MR) is 80.1 cm³/mol. The molecule has 122 valence electrons. The van der Waals surface area contributed by atoms with Crippen molar-refractivity contribution < 1.29 is 18.3 Å². The number of urea groups is 1. The molecule has 2 heterocycles. The third-order valence-electron chi connectivity index (χ3n) is 3.73. The van der Waals surface area contributed by atoms with Gasteiger partial charge < -0.3 is 19.4 Å². The maximum Gasteiger partial charge on any atom is 0.318 e. The van der Waals surface area contributed by atoms with Crippen LogP contribution in [-0.2, 0) is 11.3 Å². The SMILES string of the molecule is Cc1ncc(CNC(=O)N2CCOC[C@H]2c2ccc(F)cc2)o1. The number of halogens is 1. The number of nitrogens with zero attached hydrogens (tertiary/aromatic N) is 2. The summed E-state index contributed by atoms with van der Waals surface area (Å²) in [5.41, 5.74) is 0.844. The van der Waals surface area contributed by atoms with Crippen LogP contribution in [0, 0.1) is 12.7 Å². The van der Waals surface area contributed by atoms with E-state index >= 15 is 0 Å². The molecular weight excluding hydrogens is 301 g/mol. The number of benzene rings is 1. The summed E-state index contributed by atoms with van der Waals surface area (Å²) in [5, 5.41) is 2.82. The van der Waals surface area contributed by atoms with Crippen molar-refractivity contribution in [2.75, 3.05) is 19.8 Å². The summed E-state index contributed by atoms with van der Waals surface area (Å²) < 4.78 is 23.9. The lowest BCUT2D eigenvalue weighted by Crippen LogP contribution is -2.47. The maximum atomic E-state index is 13.1. The third kappa shape index (κ3) is 3.68. The van der Waals surface area contributed by atoms with Gasteiger partial charge in [0, 0.05) is 13.5 Å². The molecule has 2 aromatic rings. The smallest absolute Gasteiger partial charge is 0.318 e. The molecular formula is C16H18FN3O3. The summed E-state index contributed by atoms with van der Waals surface area (Å²) in [6, 6.07) is 5.68. The standard InChI is InChI=1S/C16H18FN3O3/c1-11-18-8-14(23-11)9-19-16(21)20-6-7-22-10-15(20)12-2-4-13(17)5-3-12/h2-5,8,15H,6-7,9-10H2,1H3,(H,19,21)/t15-/m0/s1. The summed E-state index contributed by atoms with van der Waals surface area (Å²) in [6.45, 7) is 3.36. The molecule has 2 amide bonds. The number of carbonyl (C=O) groups is 1. The first-order chi connectivity index (χ1) is 11.1. The van der Waals surface area contributed by atoms with Crippen molar-refractivity contribution in [3.8, 4) is 0 Å². The number of nitrogens with one attached hydrogen (secondary N) is 1. The molecule has 1 aliphatic heterocycles. The molecule has 1 atom stereocenters. The molecule has 0 aliphatic carbocycles. The lowest BCUT2D eigenvalue weighted by atomic mass is 10.1. The quantitative estimate of drug-likeness (QED) is 0.943. The van der Waals surface area contributed by atoms with E-state index in [4.69, 9.17) is 9.15 Å². The fourth-order valence-electron chi connectivity index (χ4n) is 2.56. The Bertz CT molecular complexity index is 671. The van der Waals surface area contributed by atoms with Gasteiger partial charge in [-0.3, -0.25) is 0 Å². The van der Waals surface area contributed by atoms with Crippen LogP contribution in [0.3, 0.4) is 0 Å². The third-order valence-corrected chi connectivity index (χ3v) is 3.73. The van der Waals surface area contributed by atoms with Crippen LogP contribution in [0.25, 0.3) is 0 Å². The number of carbonyl (C=O) groups excluding carboxylic acids is 1. The molecule has 7 heteroatoms. The first-order valence-corrected chi connectivity index (χ1v) is 7.42. The molecule has 1 N–H and O–H groups in total. The number of aromatic nitrogens is 1. The summed E-state index contributed by atoms with van der Waals surface area (Å²) in [5.74, 6) is 0.856. The zero-order valence-corrected chi connectivity index (χ0v) is 12.8. The van der Waals surface area contributed by atoms with Gasteiger partial charge in [0.05, 0.1) is 32.0 Å². The van der Waals surface area contributed by atoms with Gasteiger partial charge in [-0.25, -0.2) is 14.2 Å². The fraction of sp³-hybridized carbons (Fsp3) is 0.375. The maximum absolute atomic E-state index is 13.1. The molecule has 0 unspecified atom stereocenters. The number of hydrogen-bond donors (Lipinski definition) is 1. The van der Waals surface area contributed by atoms with E-state index in [1.165, 1.54) is 12.1 Å². The molecule has 1 aliphatic rings. The Labute approximate surface area is 133 Å². The van der Waals surface area contributed by atoms with Crippen molar-refractivity contribution in [1.29, 1.82) is 0 Å². The van der Waals surface area contributed by atoms with Crippen LogP contribution in [0.1, 0.15) is 23.3 Å². The first kappa shape index (κ1) is 15.5. The Morgan fingerprint density at radius 1 is 1.43 bits per heavy atom. The highest BCUT2D eigenvalue weighted by molar-refractivity contribution is 5.74. The highest BCUT2D eigenvalue weighted by Crippen LogP contribution is 2.24. The Kier molecular flexibility index (Phi) is 4.57. The molecule has 23 heavy (non-hydrogen) atoms. The van der Waals surface area contributed by atoms with Gasteiger partial charge >= 0.3 is 6.03 Å². The number of rotatable bonds is 3. The Morgan fingerprint density at radius 3 is 2.91 bits per heavy atom. The predicted octanol–water partition coefficient (Wildman–Crippen LogP) is 2.41. The molecule has 1 fully saturated rings. The van der Waals surface area contributed by atoms with Crippen molar-refractivity contribution in [3.63, 3.8) is 0 Å². The Balaban J connectivity index is 1.67. The van der Waals surface area contributed by atoms with Crippen molar-refractivity contribution in [2.24, 2.45) is 0 Å². The van der Waals surface area contributed by atoms with E-state index in [-0.39, 0.29) is 24.4 Å². The molecule has 1 aromatic carbocycles. The molecule has 0 saturated carbocycles. The lowest BCUT2D eigenvalue weighted by molar-refractivity contribution is 0.0115. The van der Waals surface area contributed by atoms with Crippen LogP contribution in [0.15, 0.2) is 34.9 Å². The molecule has 0 spiro atoms. The second-order valence-corrected chi connectivity index (χ2v) is 5.34. The fourth-order valence-corrected chi connectivity index (χ4v) is 2.56. The molecule has 1 aromatic heterocycles. The highest BCUT2D eigenvalue weighted by atomic mass is 19.1. The van der Waals surface area contributed by atoms with Gasteiger partial charge in [-0.15, -0.1) is 0 Å². The minimum absolute atomic E-state index is 0.211. The van der Waals surface area contributed by atoms with Crippen LogP contribution >= 0.6 is 0 Å². The summed E-state index contributed by atoms with van der Waals surface area (Å²) in [4.78, 5) is 18.1. The van der Waals surface area contributed by atoms with E-state index in [9.17, 15) is 9.18 Å². The van der Waals surface area contributed by atoms with Gasteiger partial charge in [0.2, 0.25) is 0 Å². The number of oxazole rings is 1. The zero-order valence-electron chi connectivity index (χ0n) is 12.8. The van der Waals surface area contributed by atoms with Crippen LogP contribution in [0.2, 0.25) is 0 Å². The van der Waals surface area contributed by atoms with Gasteiger partial charge in [0.25, 0.3) is 0 Å². The number of ether oxygens (including phenoxy) is 1. The molecule has 0 bridgehead atoms. The minimum atomic E-state index is -0.304. The summed E-state index contributed by atoms with van der Waals surface area (Å²) in [6.07, 6.45) is 1.59. The normalized spacial score (nSPS) is 18.0. The number of amides is 2. The second kappa shape index (κ2) is 6.78. The average Bonchev–Trinajstić information content (AvgIpc) is 2.99. The molecule has 0 radical (unpaired) electrons. The van der Waals surface area contributed by atoms with Gasteiger partial charge in [-0.1, -0.05) is 12.1 Å². The Hall–Kier alpha value is -2.41. The van der Waals surface area contributed by atoms with Crippen LogP contribution in [0.5, 0.6) is 0 Å². The van der Waals surface area contributed by atoms with Crippen molar-refractivity contribution in [2.45, 2.75) is 19.5 Å². The van der Waals surface area contributed by atoms with Crippen LogP contribution in [0.4, 0.5) is 9.18 Å². The highest BCUT2D eigenvalue weighted by Gasteiger charge is 2.28. The second-order valence-electron chi connectivity index (χ2n) is 5.34. The van der Waals surface area contributed by atoms with Gasteiger partial charge in [0.1, 0.15) is 11.6 Å². The topological polar surface area (TPSA) is 67.6 Å². The van der Waals surface area contributed by atoms with Crippen LogP contribution in [-0.4, -0.2) is 35.7 Å².